The Morgan fingerprint density at radius 3 is 2.47 bits per heavy atom. The van der Waals surface area contributed by atoms with Crippen molar-refractivity contribution in [2.75, 3.05) is 5.75 Å². The molecule has 0 spiro atoms. The van der Waals surface area contributed by atoms with E-state index in [1.807, 2.05) is 30.3 Å². The van der Waals surface area contributed by atoms with Crippen LogP contribution in [0.5, 0.6) is 0 Å². The molecule has 19 heavy (non-hydrogen) atoms. The minimum absolute atomic E-state index is 0.115. The number of aliphatic hydroxyl groups is 1. The van der Waals surface area contributed by atoms with Crippen molar-refractivity contribution in [3.05, 3.63) is 65.7 Å². The fraction of sp³-hybridized carbons (Fsp3) is 0.200. The number of halogens is 2. The molecular formula is C15H14F2OS. The summed E-state index contributed by atoms with van der Waals surface area (Å²) in [5.41, 5.74) is 0.209. The first kappa shape index (κ1) is 14.0. The molecule has 100 valence electrons. The minimum atomic E-state index is -0.875. The predicted molar refractivity (Wildman–Crippen MR) is 73.2 cm³/mol. The van der Waals surface area contributed by atoms with Gasteiger partial charge in [0.2, 0.25) is 0 Å². The van der Waals surface area contributed by atoms with Gasteiger partial charge in [0.05, 0.1) is 6.10 Å². The van der Waals surface area contributed by atoms with Crippen LogP contribution in [-0.2, 0) is 6.42 Å². The second-order valence-electron chi connectivity index (χ2n) is 4.19. The molecule has 0 bridgehead atoms. The Kier molecular flexibility index (Phi) is 4.93. The summed E-state index contributed by atoms with van der Waals surface area (Å²) >= 11 is 1.49. The normalized spacial score (nSPS) is 12.4. The maximum atomic E-state index is 13.4. The third-order valence-corrected chi connectivity index (χ3v) is 3.83. The van der Waals surface area contributed by atoms with Crippen LogP contribution in [0.15, 0.2) is 53.4 Å². The van der Waals surface area contributed by atoms with Crippen molar-refractivity contribution in [1.29, 1.82) is 0 Å². The van der Waals surface area contributed by atoms with E-state index in [4.69, 9.17) is 0 Å². The summed E-state index contributed by atoms with van der Waals surface area (Å²) in [7, 11) is 0. The fourth-order valence-electron chi connectivity index (χ4n) is 1.73. The quantitative estimate of drug-likeness (QED) is 0.843. The minimum Gasteiger partial charge on any atom is -0.392 e. The maximum Gasteiger partial charge on any atom is 0.162 e. The van der Waals surface area contributed by atoms with Gasteiger partial charge in [0.15, 0.2) is 11.6 Å². The van der Waals surface area contributed by atoms with E-state index >= 15 is 0 Å². The molecule has 0 fully saturated rings. The molecule has 2 aromatic carbocycles. The average Bonchev–Trinajstić information content (AvgIpc) is 2.43. The molecule has 1 N–H and O–H groups in total. The van der Waals surface area contributed by atoms with E-state index in [0.717, 1.165) is 11.0 Å². The van der Waals surface area contributed by atoms with Crippen molar-refractivity contribution < 1.29 is 13.9 Å². The van der Waals surface area contributed by atoms with Crippen molar-refractivity contribution >= 4 is 11.8 Å². The number of rotatable bonds is 5. The summed E-state index contributed by atoms with van der Waals surface area (Å²) < 4.78 is 26.5. The van der Waals surface area contributed by atoms with Crippen LogP contribution in [0, 0.1) is 11.6 Å². The van der Waals surface area contributed by atoms with E-state index in [1.54, 1.807) is 0 Å². The summed E-state index contributed by atoms with van der Waals surface area (Å²) in [6.07, 6.45) is -0.592. The van der Waals surface area contributed by atoms with Crippen LogP contribution >= 0.6 is 11.8 Å². The molecule has 1 nitrogen and oxygen atoms in total. The molecule has 0 aliphatic carbocycles. The second-order valence-corrected chi connectivity index (χ2v) is 5.29. The molecule has 0 saturated heterocycles. The lowest BCUT2D eigenvalue weighted by Gasteiger charge is -2.11. The highest BCUT2D eigenvalue weighted by Crippen LogP contribution is 2.20. The zero-order valence-corrected chi connectivity index (χ0v) is 11.0. The first-order valence-electron chi connectivity index (χ1n) is 5.95. The zero-order valence-electron chi connectivity index (χ0n) is 10.2. The van der Waals surface area contributed by atoms with Crippen molar-refractivity contribution in [3.63, 3.8) is 0 Å². The first-order chi connectivity index (χ1) is 9.16. The predicted octanol–water partition coefficient (Wildman–Crippen LogP) is 3.66. The monoisotopic (exact) mass is 280 g/mol. The number of hydrogen-bond acceptors (Lipinski definition) is 2. The topological polar surface area (TPSA) is 20.2 Å². The lowest BCUT2D eigenvalue weighted by atomic mass is 10.1. The van der Waals surface area contributed by atoms with Crippen molar-refractivity contribution in [2.45, 2.75) is 17.4 Å². The lowest BCUT2D eigenvalue weighted by Crippen LogP contribution is -2.14. The molecule has 4 heteroatoms. The molecule has 0 aromatic heterocycles. The molecule has 2 aromatic rings. The Labute approximate surface area is 115 Å². The summed E-state index contributed by atoms with van der Waals surface area (Å²) in [5.74, 6) is -1.30. The summed E-state index contributed by atoms with van der Waals surface area (Å²) in [6.45, 7) is 0. The third kappa shape index (κ3) is 4.04. The van der Waals surface area contributed by atoms with Gasteiger partial charge in [-0.2, -0.15) is 0 Å². The summed E-state index contributed by atoms with van der Waals surface area (Å²) in [6, 6.07) is 13.7. The van der Waals surface area contributed by atoms with E-state index < -0.39 is 17.7 Å². The summed E-state index contributed by atoms with van der Waals surface area (Å²) in [4.78, 5) is 1.04. The third-order valence-electron chi connectivity index (χ3n) is 2.67. The van der Waals surface area contributed by atoms with Crippen molar-refractivity contribution in [2.24, 2.45) is 0 Å². The number of hydrogen-bond donors (Lipinski definition) is 1. The van der Waals surface area contributed by atoms with Crippen LogP contribution in [0.25, 0.3) is 0 Å². The van der Waals surface area contributed by atoms with Crippen LogP contribution in [-0.4, -0.2) is 17.0 Å². The molecular weight excluding hydrogens is 266 g/mol. The van der Waals surface area contributed by atoms with E-state index in [9.17, 15) is 13.9 Å². The van der Waals surface area contributed by atoms with Gasteiger partial charge in [-0.15, -0.1) is 11.8 Å². The first-order valence-corrected chi connectivity index (χ1v) is 6.94. The van der Waals surface area contributed by atoms with Gasteiger partial charge in [0.1, 0.15) is 0 Å². The number of benzene rings is 2. The Morgan fingerprint density at radius 2 is 1.74 bits per heavy atom. The highest BCUT2D eigenvalue weighted by molar-refractivity contribution is 7.99. The molecule has 0 heterocycles. The molecule has 0 radical (unpaired) electrons. The van der Waals surface area contributed by atoms with Crippen LogP contribution in [0.3, 0.4) is 0 Å². The standard InChI is InChI=1S/C15H14F2OS/c16-14-8-4-5-11(15(14)17)9-12(18)10-19-13-6-2-1-3-7-13/h1-8,12,18H,9-10H2. The van der Waals surface area contributed by atoms with Gasteiger partial charge in [0, 0.05) is 17.1 Å². The van der Waals surface area contributed by atoms with Gasteiger partial charge in [-0.05, 0) is 23.8 Å². The Morgan fingerprint density at radius 1 is 1.00 bits per heavy atom. The fourth-order valence-corrected chi connectivity index (χ4v) is 2.58. The highest BCUT2D eigenvalue weighted by atomic mass is 32.2. The van der Waals surface area contributed by atoms with Crippen molar-refractivity contribution in [3.8, 4) is 0 Å². The van der Waals surface area contributed by atoms with E-state index in [-0.39, 0.29) is 12.0 Å². The van der Waals surface area contributed by atoms with E-state index in [2.05, 4.69) is 0 Å². The van der Waals surface area contributed by atoms with Gasteiger partial charge < -0.3 is 5.11 Å². The van der Waals surface area contributed by atoms with Gasteiger partial charge in [0.25, 0.3) is 0 Å². The summed E-state index contributed by atoms with van der Waals surface area (Å²) in [5, 5.41) is 9.87. The number of thioether (sulfide) groups is 1. The molecule has 0 amide bonds. The van der Waals surface area contributed by atoms with Crippen molar-refractivity contribution in [1.82, 2.24) is 0 Å². The zero-order chi connectivity index (χ0) is 13.7. The molecule has 1 atom stereocenters. The lowest BCUT2D eigenvalue weighted by molar-refractivity contribution is 0.198. The molecule has 0 aliphatic heterocycles. The number of aliphatic hydroxyl groups excluding tert-OH is 1. The average molecular weight is 280 g/mol. The molecule has 1 unspecified atom stereocenters. The van der Waals surface area contributed by atoms with Crippen LogP contribution in [0.1, 0.15) is 5.56 Å². The van der Waals surface area contributed by atoms with Gasteiger partial charge >= 0.3 is 0 Å². The van der Waals surface area contributed by atoms with Gasteiger partial charge in [-0.1, -0.05) is 30.3 Å². The maximum absolute atomic E-state index is 13.4. The molecule has 0 saturated carbocycles. The van der Waals surface area contributed by atoms with Crippen LogP contribution in [0.2, 0.25) is 0 Å². The van der Waals surface area contributed by atoms with E-state index in [1.165, 1.54) is 23.9 Å². The Hall–Kier alpha value is -1.39. The molecule has 2 rings (SSSR count). The van der Waals surface area contributed by atoms with Gasteiger partial charge in [-0.25, -0.2) is 8.78 Å². The second kappa shape index (κ2) is 6.68. The van der Waals surface area contributed by atoms with E-state index in [0.29, 0.717) is 5.75 Å². The smallest absolute Gasteiger partial charge is 0.162 e. The highest BCUT2D eigenvalue weighted by Gasteiger charge is 2.12. The Balaban J connectivity index is 1.91. The van der Waals surface area contributed by atoms with Crippen LogP contribution < -0.4 is 0 Å². The Bertz CT molecular complexity index is 531. The molecule has 0 aliphatic rings. The van der Waals surface area contributed by atoms with Crippen LogP contribution in [0.4, 0.5) is 8.78 Å². The van der Waals surface area contributed by atoms with Gasteiger partial charge in [-0.3, -0.25) is 0 Å². The largest absolute Gasteiger partial charge is 0.392 e. The SMILES string of the molecule is OC(CSc1ccccc1)Cc1cccc(F)c1F.